The summed E-state index contributed by atoms with van der Waals surface area (Å²) in [4.78, 5) is 32.3. The first kappa shape index (κ1) is 17.9. The molecule has 0 bridgehead atoms. The monoisotopic (exact) mass is 346 g/mol. The van der Waals surface area contributed by atoms with Gasteiger partial charge in [-0.2, -0.15) is 5.06 Å². The van der Waals surface area contributed by atoms with Crippen molar-refractivity contribution in [1.82, 2.24) is 5.06 Å². The normalized spacial score (nSPS) is 25.1. The van der Waals surface area contributed by atoms with Crippen LogP contribution in [0.3, 0.4) is 0 Å². The lowest BCUT2D eigenvalue weighted by atomic mass is 9.70. The van der Waals surface area contributed by atoms with E-state index in [1.807, 2.05) is 38.8 Å². The van der Waals surface area contributed by atoms with E-state index < -0.39 is 11.7 Å². The van der Waals surface area contributed by atoms with Crippen molar-refractivity contribution in [3.63, 3.8) is 0 Å². The van der Waals surface area contributed by atoms with Crippen LogP contribution in [0.5, 0.6) is 0 Å². The first-order chi connectivity index (χ1) is 11.6. The van der Waals surface area contributed by atoms with Gasteiger partial charge < -0.3 is 9.57 Å². The van der Waals surface area contributed by atoms with Crippen LogP contribution in [-0.4, -0.2) is 40.9 Å². The lowest BCUT2D eigenvalue weighted by molar-refractivity contribution is -0.291. The largest absolute Gasteiger partial charge is 0.442 e. The summed E-state index contributed by atoms with van der Waals surface area (Å²) in [6, 6.07) is 8.90. The number of rotatable bonds is 2. The maximum Gasteiger partial charge on any atom is 0.421 e. The zero-order valence-electron chi connectivity index (χ0n) is 15.5. The highest BCUT2D eigenvalue weighted by Crippen LogP contribution is 2.48. The molecule has 2 saturated heterocycles. The van der Waals surface area contributed by atoms with Gasteiger partial charge in [-0.05, 0) is 39.8 Å². The Hall–Kier alpha value is -1.92. The Kier molecular flexibility index (Phi) is 4.16. The predicted molar refractivity (Wildman–Crippen MR) is 94.0 cm³/mol. The minimum Gasteiger partial charge on any atom is -0.442 e. The van der Waals surface area contributed by atoms with Crippen molar-refractivity contribution >= 4 is 17.7 Å². The van der Waals surface area contributed by atoms with Crippen LogP contribution < -0.4 is 4.90 Å². The second-order valence-electron chi connectivity index (χ2n) is 8.25. The van der Waals surface area contributed by atoms with Gasteiger partial charge in [0, 0.05) is 23.9 Å². The van der Waals surface area contributed by atoms with Crippen LogP contribution in [0.1, 0.15) is 47.0 Å². The molecule has 0 aromatic heterocycles. The molecule has 0 unspecified atom stereocenters. The molecular formula is C19H26N2O4. The number of para-hydroxylation sites is 1. The van der Waals surface area contributed by atoms with Gasteiger partial charge in [-0.25, -0.2) is 9.69 Å². The fraction of sp³-hybridized carbons (Fsp3) is 0.579. The topological polar surface area (TPSA) is 59.1 Å². The summed E-state index contributed by atoms with van der Waals surface area (Å²) in [5.41, 5.74) is -1.00. The Bertz CT molecular complexity index is 646. The van der Waals surface area contributed by atoms with Crippen molar-refractivity contribution in [2.24, 2.45) is 0 Å². The van der Waals surface area contributed by atoms with Gasteiger partial charge in [0.25, 0.3) is 0 Å². The van der Waals surface area contributed by atoms with Crippen LogP contribution in [0.15, 0.2) is 30.3 Å². The summed E-state index contributed by atoms with van der Waals surface area (Å²) in [7, 11) is 1.65. The summed E-state index contributed by atoms with van der Waals surface area (Å²) < 4.78 is 5.90. The average molecular weight is 346 g/mol. The van der Waals surface area contributed by atoms with Crippen LogP contribution in [0.4, 0.5) is 10.5 Å². The van der Waals surface area contributed by atoms with Gasteiger partial charge in [-0.1, -0.05) is 18.2 Å². The predicted octanol–water partition coefficient (Wildman–Crippen LogP) is 3.51. The average Bonchev–Trinajstić information content (AvgIpc) is 2.44. The maximum atomic E-state index is 12.8. The molecule has 2 heterocycles. The number of hydrogen-bond donors (Lipinski definition) is 0. The van der Waals surface area contributed by atoms with E-state index >= 15 is 0 Å². The van der Waals surface area contributed by atoms with Crippen molar-refractivity contribution in [1.29, 1.82) is 0 Å². The standard InChI is InChI=1S/C19H26N2O4/c1-17(2)12-19(13-18(3,4)21(17)24-5)11-15(22)20(16(23)25-19)14-9-7-6-8-10-14/h6-10H,11-13H2,1-5H3. The van der Waals surface area contributed by atoms with E-state index in [4.69, 9.17) is 9.57 Å². The fourth-order valence-corrected chi connectivity index (χ4v) is 4.84. The van der Waals surface area contributed by atoms with Gasteiger partial charge in [0.2, 0.25) is 5.91 Å². The molecule has 6 nitrogen and oxygen atoms in total. The zero-order chi connectivity index (χ0) is 18.5. The number of hydroxylamine groups is 2. The second kappa shape index (κ2) is 5.81. The second-order valence-corrected chi connectivity index (χ2v) is 8.25. The number of hydrogen-bond acceptors (Lipinski definition) is 5. The third-order valence-electron chi connectivity index (χ3n) is 5.02. The molecule has 2 aliphatic heterocycles. The van der Waals surface area contributed by atoms with Crippen LogP contribution in [-0.2, 0) is 14.4 Å². The highest BCUT2D eigenvalue weighted by atomic mass is 16.7. The molecule has 136 valence electrons. The van der Waals surface area contributed by atoms with Gasteiger partial charge in [0.1, 0.15) is 5.60 Å². The SMILES string of the molecule is CON1C(C)(C)CC2(CC(=O)N(c3ccccc3)C(=O)O2)CC1(C)C. The summed E-state index contributed by atoms with van der Waals surface area (Å²) in [6.45, 7) is 8.17. The van der Waals surface area contributed by atoms with Crippen LogP contribution in [0.2, 0.25) is 0 Å². The Morgan fingerprint density at radius 1 is 1.00 bits per heavy atom. The molecule has 2 fully saturated rings. The first-order valence-corrected chi connectivity index (χ1v) is 8.56. The van der Waals surface area contributed by atoms with Crippen LogP contribution in [0, 0.1) is 0 Å². The molecule has 3 rings (SSSR count). The molecule has 0 atom stereocenters. The molecule has 2 aliphatic rings. The van der Waals surface area contributed by atoms with E-state index in [-0.39, 0.29) is 23.4 Å². The Balaban J connectivity index is 1.91. The van der Waals surface area contributed by atoms with Crippen molar-refractivity contribution in [2.45, 2.75) is 63.6 Å². The van der Waals surface area contributed by atoms with E-state index in [1.54, 1.807) is 31.4 Å². The number of benzene rings is 1. The van der Waals surface area contributed by atoms with Crippen molar-refractivity contribution in [3.8, 4) is 0 Å². The molecular weight excluding hydrogens is 320 g/mol. The number of amides is 2. The van der Waals surface area contributed by atoms with E-state index in [2.05, 4.69) is 0 Å². The van der Waals surface area contributed by atoms with E-state index in [1.165, 1.54) is 0 Å². The Morgan fingerprint density at radius 3 is 2.04 bits per heavy atom. The minimum atomic E-state index is -0.804. The number of anilines is 1. The zero-order valence-corrected chi connectivity index (χ0v) is 15.5. The van der Waals surface area contributed by atoms with Crippen molar-refractivity contribution in [2.75, 3.05) is 12.0 Å². The highest BCUT2D eigenvalue weighted by Gasteiger charge is 2.58. The van der Waals surface area contributed by atoms with Gasteiger partial charge in [-0.3, -0.25) is 4.79 Å². The number of imide groups is 1. The first-order valence-electron chi connectivity index (χ1n) is 8.56. The van der Waals surface area contributed by atoms with Gasteiger partial charge >= 0.3 is 6.09 Å². The van der Waals surface area contributed by atoms with Gasteiger partial charge in [0.05, 0.1) is 19.2 Å². The quantitative estimate of drug-likeness (QED) is 0.820. The molecule has 0 saturated carbocycles. The number of piperidine rings is 1. The lowest BCUT2D eigenvalue weighted by Gasteiger charge is -2.58. The summed E-state index contributed by atoms with van der Waals surface area (Å²) >= 11 is 0. The molecule has 6 heteroatoms. The molecule has 0 N–H and O–H groups in total. The fourth-order valence-electron chi connectivity index (χ4n) is 4.84. The smallest absolute Gasteiger partial charge is 0.421 e. The van der Waals surface area contributed by atoms with Crippen molar-refractivity contribution in [3.05, 3.63) is 30.3 Å². The molecule has 2 amide bonds. The molecule has 1 aromatic carbocycles. The third kappa shape index (κ3) is 3.04. The lowest BCUT2D eigenvalue weighted by Crippen LogP contribution is -2.68. The third-order valence-corrected chi connectivity index (χ3v) is 5.02. The van der Waals surface area contributed by atoms with Crippen LogP contribution >= 0.6 is 0 Å². The Labute approximate surface area is 148 Å². The van der Waals surface area contributed by atoms with Gasteiger partial charge in [-0.15, -0.1) is 0 Å². The van der Waals surface area contributed by atoms with E-state index in [0.29, 0.717) is 18.5 Å². The highest BCUT2D eigenvalue weighted by molar-refractivity contribution is 6.14. The number of nitrogens with zero attached hydrogens (tertiary/aromatic N) is 2. The minimum absolute atomic E-state index is 0.179. The van der Waals surface area contributed by atoms with E-state index in [0.717, 1.165) is 4.90 Å². The molecule has 0 radical (unpaired) electrons. The molecule has 0 aliphatic carbocycles. The molecule has 1 aromatic rings. The van der Waals surface area contributed by atoms with E-state index in [9.17, 15) is 9.59 Å². The number of ether oxygens (including phenoxy) is 1. The molecule has 1 spiro atoms. The number of carbonyl (C=O) groups excluding carboxylic acids is 2. The van der Waals surface area contributed by atoms with Crippen LogP contribution in [0.25, 0.3) is 0 Å². The molecule has 25 heavy (non-hydrogen) atoms. The summed E-state index contributed by atoms with van der Waals surface area (Å²) in [5, 5.41) is 1.94. The van der Waals surface area contributed by atoms with Crippen molar-refractivity contribution < 1.29 is 19.2 Å². The summed E-state index contributed by atoms with van der Waals surface area (Å²) in [6.07, 6.45) is 0.659. The summed E-state index contributed by atoms with van der Waals surface area (Å²) in [5.74, 6) is -0.222. The number of carbonyl (C=O) groups is 2. The maximum absolute atomic E-state index is 12.8. The Morgan fingerprint density at radius 2 is 1.56 bits per heavy atom. The van der Waals surface area contributed by atoms with Gasteiger partial charge in [0.15, 0.2) is 0 Å².